The van der Waals surface area contributed by atoms with Crippen molar-refractivity contribution in [1.29, 1.82) is 0 Å². The van der Waals surface area contributed by atoms with Crippen molar-refractivity contribution in [1.82, 2.24) is 18.9 Å². The summed E-state index contributed by atoms with van der Waals surface area (Å²) >= 11 is 0. The molecule has 2 aromatic heterocycles. The van der Waals surface area contributed by atoms with Crippen molar-refractivity contribution in [3.05, 3.63) is 189 Å². The number of alkyl halides is 4. The number of hydrogen-bond acceptors (Lipinski definition) is 11. The number of nitrogen functional groups attached to an aromatic ring is 1. The summed E-state index contributed by atoms with van der Waals surface area (Å²) in [7, 11) is 0. The molecule has 0 spiro atoms. The molecule has 2 aliphatic heterocycles. The van der Waals surface area contributed by atoms with Gasteiger partial charge in [-0.3, -0.25) is 47.7 Å². The number of rotatable bonds is 17. The molecule has 396 valence electrons. The number of carboxylic acid groups (broad SMARTS) is 1. The summed E-state index contributed by atoms with van der Waals surface area (Å²) in [5.74, 6) is -8.32. The standard InChI is InChI=1S/C27H26F3N3O4.C16H19F2NO4.C11H9FN2O/c28-22-14-19(33-12-5-4-8-25(33)34)9-10-23(22)31-26(35)20-15-32(17-24(29)30)16-21(20)27(36)37-13-11-18-6-2-1-3-7-18;17-14(18)10-19-8-12(15(20)21)13(9-19)16(22)23-7-6-11-4-2-1-3-5-11;12-9-7-8(4-5-10(9)13)14-6-2-1-3-11(14)15/h1-10,12,14,20-21,24H,11,13,15-17H2,(H,31,35);1-5,12-14H,6-10H2,(H,20,21);1-7H,13H2/t20-,21-;12-,13-;/m00./s1. The quantitative estimate of drug-likeness (QED) is 0.0495. The minimum atomic E-state index is -2.64. The molecule has 0 unspecified atom stereocenters. The molecule has 15 nitrogen and oxygen atoms in total. The number of nitrogens with two attached hydrogens (primary N) is 1. The summed E-state index contributed by atoms with van der Waals surface area (Å²) in [6, 6.07) is 36.2. The van der Waals surface area contributed by atoms with Crippen molar-refractivity contribution in [2.75, 3.05) is 63.5 Å². The summed E-state index contributed by atoms with van der Waals surface area (Å²) in [6.45, 7) is -1.12. The SMILES string of the molecule is Nc1ccc(-n2ccccc2=O)cc1F.O=C(Nc1ccc(-n2ccccc2=O)cc1F)[C@H]1CN(CC(F)F)C[C@@H]1C(=O)OCCc1ccccc1.O=C(O)[C@H]1CN(CC(F)F)C[C@@H]1C(=O)OCCc1ccccc1. The van der Waals surface area contributed by atoms with E-state index in [0.29, 0.717) is 18.5 Å². The van der Waals surface area contributed by atoms with Crippen LogP contribution in [-0.2, 0) is 41.5 Å². The highest BCUT2D eigenvalue weighted by Gasteiger charge is 2.44. The third-order valence-corrected chi connectivity index (χ3v) is 12.2. The molecule has 0 saturated carbocycles. The van der Waals surface area contributed by atoms with Gasteiger partial charge in [0.25, 0.3) is 24.0 Å². The monoisotopic (exact) mass is 1040 g/mol. The van der Waals surface area contributed by atoms with Gasteiger partial charge in [0.2, 0.25) is 5.91 Å². The van der Waals surface area contributed by atoms with Crippen LogP contribution in [0.5, 0.6) is 0 Å². The molecule has 8 rings (SSSR count). The number of carbonyl (C=O) groups is 4. The number of hydrogen-bond donors (Lipinski definition) is 3. The van der Waals surface area contributed by atoms with Crippen LogP contribution in [0.4, 0.5) is 37.7 Å². The van der Waals surface area contributed by atoms with Crippen LogP contribution in [0, 0.1) is 35.3 Å². The number of esters is 2. The first-order valence-electron chi connectivity index (χ1n) is 23.6. The van der Waals surface area contributed by atoms with E-state index >= 15 is 0 Å². The fourth-order valence-corrected chi connectivity index (χ4v) is 8.42. The lowest BCUT2D eigenvalue weighted by atomic mass is 9.95. The lowest BCUT2D eigenvalue weighted by molar-refractivity contribution is -0.155. The van der Waals surface area contributed by atoms with Gasteiger partial charge in [-0.1, -0.05) is 72.8 Å². The number of benzene rings is 4. The maximum absolute atomic E-state index is 14.8. The Labute approximate surface area is 426 Å². The second-order valence-corrected chi connectivity index (χ2v) is 17.5. The number of carbonyl (C=O) groups excluding carboxylic acids is 3. The van der Waals surface area contributed by atoms with Gasteiger partial charge in [0.05, 0.1) is 72.7 Å². The number of aromatic nitrogens is 2. The van der Waals surface area contributed by atoms with E-state index in [9.17, 15) is 55.1 Å². The summed E-state index contributed by atoms with van der Waals surface area (Å²) in [5.41, 5.74) is 7.41. The second-order valence-electron chi connectivity index (χ2n) is 17.5. The van der Waals surface area contributed by atoms with Gasteiger partial charge >= 0.3 is 17.9 Å². The zero-order valence-corrected chi connectivity index (χ0v) is 40.2. The predicted molar refractivity (Wildman–Crippen MR) is 266 cm³/mol. The average molecular weight is 1050 g/mol. The lowest BCUT2D eigenvalue weighted by Crippen LogP contribution is -2.34. The predicted octanol–water partition coefficient (Wildman–Crippen LogP) is 6.74. The molecular formula is C54H54F6N6O9. The highest BCUT2D eigenvalue weighted by atomic mass is 19.3. The van der Waals surface area contributed by atoms with Crippen LogP contribution in [0.15, 0.2) is 155 Å². The Hall–Kier alpha value is -8.04. The Morgan fingerprint density at radius 3 is 1.44 bits per heavy atom. The number of amides is 1. The average Bonchev–Trinajstić information content (AvgIpc) is 4.02. The maximum atomic E-state index is 14.8. The van der Waals surface area contributed by atoms with E-state index in [0.717, 1.165) is 17.2 Å². The number of halogens is 6. The van der Waals surface area contributed by atoms with E-state index in [1.165, 1.54) is 61.5 Å². The van der Waals surface area contributed by atoms with Crippen LogP contribution in [0.25, 0.3) is 11.4 Å². The molecule has 75 heavy (non-hydrogen) atoms. The summed E-state index contributed by atoms with van der Waals surface area (Å²) in [4.78, 5) is 75.2. The van der Waals surface area contributed by atoms with Crippen LogP contribution >= 0.6 is 0 Å². The van der Waals surface area contributed by atoms with Gasteiger partial charge in [0.15, 0.2) is 0 Å². The largest absolute Gasteiger partial charge is 0.481 e. The van der Waals surface area contributed by atoms with E-state index in [1.54, 1.807) is 36.5 Å². The topological polar surface area (TPSA) is 195 Å². The number of likely N-dealkylation sites (tertiary alicyclic amines) is 2. The maximum Gasteiger partial charge on any atom is 0.311 e. The molecule has 0 radical (unpaired) electrons. The van der Waals surface area contributed by atoms with Crippen molar-refractivity contribution < 1.29 is 60.1 Å². The van der Waals surface area contributed by atoms with Crippen LogP contribution in [0.3, 0.4) is 0 Å². The number of pyridine rings is 2. The van der Waals surface area contributed by atoms with Crippen LogP contribution in [0.1, 0.15) is 11.1 Å². The Balaban J connectivity index is 0.000000204. The van der Waals surface area contributed by atoms with Crippen molar-refractivity contribution in [2.24, 2.45) is 23.7 Å². The lowest BCUT2D eigenvalue weighted by Gasteiger charge is -2.18. The molecule has 6 aromatic rings. The Morgan fingerprint density at radius 2 is 1.00 bits per heavy atom. The first-order valence-corrected chi connectivity index (χ1v) is 23.6. The van der Waals surface area contributed by atoms with Crippen LogP contribution < -0.4 is 22.2 Å². The third-order valence-electron chi connectivity index (χ3n) is 12.2. The molecule has 2 saturated heterocycles. The van der Waals surface area contributed by atoms with Gasteiger partial charge in [-0.25, -0.2) is 26.3 Å². The number of anilines is 2. The number of nitrogens with zero attached hydrogens (tertiary/aromatic N) is 4. The van der Waals surface area contributed by atoms with E-state index in [-0.39, 0.29) is 67.6 Å². The molecule has 4 heterocycles. The number of carboxylic acids is 1. The fraction of sp³-hybridized carbons (Fsp3) is 0.296. The van der Waals surface area contributed by atoms with Crippen molar-refractivity contribution in [3.63, 3.8) is 0 Å². The third kappa shape index (κ3) is 16.5. The van der Waals surface area contributed by atoms with Crippen molar-refractivity contribution >= 4 is 35.2 Å². The van der Waals surface area contributed by atoms with Gasteiger partial charge in [0.1, 0.15) is 11.6 Å². The molecule has 0 bridgehead atoms. The summed E-state index contributed by atoms with van der Waals surface area (Å²) in [6.07, 6.45) is -1.14. The zero-order chi connectivity index (χ0) is 54.0. The van der Waals surface area contributed by atoms with E-state index in [1.807, 2.05) is 60.7 Å². The highest BCUT2D eigenvalue weighted by Crippen LogP contribution is 2.29. The summed E-state index contributed by atoms with van der Waals surface area (Å²) < 4.78 is 92.0. The van der Waals surface area contributed by atoms with Crippen LogP contribution in [0.2, 0.25) is 0 Å². The minimum absolute atomic E-state index is 0.00846. The zero-order valence-electron chi connectivity index (χ0n) is 40.2. The first-order chi connectivity index (χ1) is 36.0. The van der Waals surface area contributed by atoms with Gasteiger partial charge < -0.3 is 25.6 Å². The minimum Gasteiger partial charge on any atom is -0.481 e. The van der Waals surface area contributed by atoms with E-state index in [2.05, 4.69) is 5.32 Å². The smallest absolute Gasteiger partial charge is 0.311 e. The normalized spacial score (nSPS) is 17.3. The van der Waals surface area contributed by atoms with E-state index < -0.39 is 85.1 Å². The van der Waals surface area contributed by atoms with Gasteiger partial charge in [-0.05, 0) is 47.5 Å². The molecular weight excluding hydrogens is 991 g/mol. The number of ether oxygens (including phenoxy) is 2. The molecule has 2 fully saturated rings. The van der Waals surface area contributed by atoms with E-state index in [4.69, 9.17) is 20.3 Å². The first kappa shape index (κ1) is 56.3. The Kier molecular flexibility index (Phi) is 20.5. The molecule has 1 amide bonds. The molecule has 4 atom stereocenters. The summed E-state index contributed by atoms with van der Waals surface area (Å²) in [5, 5.41) is 11.6. The molecule has 2 aliphatic rings. The van der Waals surface area contributed by atoms with Gasteiger partial charge in [-0.2, -0.15) is 0 Å². The molecule has 21 heteroatoms. The Bertz CT molecular complexity index is 2980. The van der Waals surface area contributed by atoms with Crippen molar-refractivity contribution in [2.45, 2.75) is 25.7 Å². The van der Waals surface area contributed by atoms with Crippen molar-refractivity contribution in [3.8, 4) is 11.4 Å². The second kappa shape index (κ2) is 27.3. The van der Waals surface area contributed by atoms with Gasteiger partial charge in [0, 0.05) is 75.7 Å². The van der Waals surface area contributed by atoms with Gasteiger partial charge in [-0.15, -0.1) is 0 Å². The highest BCUT2D eigenvalue weighted by molar-refractivity contribution is 5.96. The molecule has 4 aromatic carbocycles. The Morgan fingerprint density at radius 1 is 0.573 bits per heavy atom. The fourth-order valence-electron chi connectivity index (χ4n) is 8.42. The number of aliphatic carboxylic acids is 1. The van der Waals surface area contributed by atoms with Crippen LogP contribution in [-0.4, -0.2) is 113 Å². The molecule has 0 aliphatic carbocycles. The number of nitrogens with one attached hydrogen (secondary N) is 1. The molecule has 4 N–H and O–H groups in total.